The summed E-state index contributed by atoms with van der Waals surface area (Å²) >= 11 is 0. The second-order valence-electron chi connectivity index (χ2n) is 13.4. The molecule has 8 aliphatic rings. The van der Waals surface area contributed by atoms with Crippen molar-refractivity contribution in [2.24, 2.45) is 40.9 Å². The standard InChI is InChI=1S/C30H34O4/c31-25-10-27(29-11-17-3-18(12-29)5-19(4-17)13-29)34-26-2-1-23(9-24(25)26)33-28(32)30-14-20-6-21(15-30)8-22(7-20)16-30/h1-2,9-10,17-22H,3-8,11-16H2. The van der Waals surface area contributed by atoms with Gasteiger partial charge >= 0.3 is 5.97 Å². The van der Waals surface area contributed by atoms with Crippen LogP contribution in [-0.2, 0) is 10.2 Å². The van der Waals surface area contributed by atoms with Gasteiger partial charge in [-0.05, 0) is 131 Å². The highest BCUT2D eigenvalue weighted by Gasteiger charge is 2.56. The zero-order valence-electron chi connectivity index (χ0n) is 19.9. The number of rotatable bonds is 3. The molecule has 0 aliphatic heterocycles. The van der Waals surface area contributed by atoms with E-state index < -0.39 is 0 Å². The summed E-state index contributed by atoms with van der Waals surface area (Å²) < 4.78 is 12.4. The van der Waals surface area contributed by atoms with Crippen molar-refractivity contribution < 1.29 is 13.9 Å². The number of fused-ring (bicyclic) bond motifs is 1. The third-order valence-electron chi connectivity index (χ3n) is 10.9. The van der Waals surface area contributed by atoms with Crippen molar-refractivity contribution in [2.45, 2.75) is 82.5 Å². The normalized spacial score (nSPS) is 43.5. The predicted molar refractivity (Wildman–Crippen MR) is 129 cm³/mol. The van der Waals surface area contributed by atoms with Gasteiger partial charge in [-0.25, -0.2) is 0 Å². The highest BCUT2D eigenvalue weighted by molar-refractivity contribution is 5.83. The van der Waals surface area contributed by atoms with Crippen LogP contribution in [0.1, 0.15) is 82.8 Å². The van der Waals surface area contributed by atoms with Crippen molar-refractivity contribution in [3.05, 3.63) is 40.2 Å². The van der Waals surface area contributed by atoms with Crippen LogP contribution in [0.3, 0.4) is 0 Å². The Labute approximate surface area is 200 Å². The topological polar surface area (TPSA) is 56.5 Å². The first-order valence-corrected chi connectivity index (χ1v) is 13.8. The molecule has 0 atom stereocenters. The van der Waals surface area contributed by atoms with Gasteiger partial charge < -0.3 is 9.15 Å². The average molecular weight is 459 g/mol. The zero-order valence-corrected chi connectivity index (χ0v) is 19.9. The van der Waals surface area contributed by atoms with E-state index in [1.807, 2.05) is 12.1 Å². The highest BCUT2D eigenvalue weighted by atomic mass is 16.5. The Hall–Kier alpha value is -2.10. The molecule has 34 heavy (non-hydrogen) atoms. The van der Waals surface area contributed by atoms with E-state index in [4.69, 9.17) is 9.15 Å². The number of hydrogen-bond acceptors (Lipinski definition) is 4. The molecule has 4 heteroatoms. The minimum Gasteiger partial charge on any atom is -0.460 e. The van der Waals surface area contributed by atoms with E-state index in [9.17, 15) is 9.59 Å². The van der Waals surface area contributed by atoms with Gasteiger partial charge in [-0.3, -0.25) is 9.59 Å². The van der Waals surface area contributed by atoms with Gasteiger partial charge in [0.1, 0.15) is 17.1 Å². The molecule has 4 nitrogen and oxygen atoms in total. The minimum atomic E-state index is -0.295. The van der Waals surface area contributed by atoms with Gasteiger partial charge in [-0.15, -0.1) is 0 Å². The summed E-state index contributed by atoms with van der Waals surface area (Å²) in [5.74, 6) is 5.84. The van der Waals surface area contributed by atoms with Gasteiger partial charge in [0.15, 0.2) is 5.43 Å². The van der Waals surface area contributed by atoms with E-state index in [2.05, 4.69) is 0 Å². The molecule has 1 aromatic heterocycles. The van der Waals surface area contributed by atoms with Crippen LogP contribution < -0.4 is 10.2 Å². The number of esters is 1. The molecule has 0 unspecified atom stereocenters. The SMILES string of the molecule is O=C(Oc1ccc2oc(C34CC5CC(CC(C5)C3)C4)cc(=O)c2c1)C12CC3CC(CC(C3)C1)C2. The maximum absolute atomic E-state index is 13.4. The van der Waals surface area contributed by atoms with E-state index >= 15 is 0 Å². The first-order valence-electron chi connectivity index (χ1n) is 13.8. The summed E-state index contributed by atoms with van der Waals surface area (Å²) in [6, 6.07) is 7.18. The van der Waals surface area contributed by atoms with Crippen molar-refractivity contribution >= 4 is 16.9 Å². The molecule has 8 saturated carbocycles. The predicted octanol–water partition coefficient (Wildman–Crippen LogP) is 6.38. The molecule has 8 fully saturated rings. The molecular weight excluding hydrogens is 424 g/mol. The Bertz CT molecular complexity index is 1180. The molecule has 0 spiro atoms. The number of carbonyl (C=O) groups excluding carboxylic acids is 1. The van der Waals surface area contributed by atoms with Gasteiger partial charge in [0.2, 0.25) is 0 Å². The monoisotopic (exact) mass is 458 g/mol. The molecule has 8 bridgehead atoms. The first-order chi connectivity index (χ1) is 16.5. The van der Waals surface area contributed by atoms with Crippen LogP contribution in [0.5, 0.6) is 5.75 Å². The van der Waals surface area contributed by atoms with Crippen LogP contribution in [-0.4, -0.2) is 5.97 Å². The summed E-state index contributed by atoms with van der Waals surface area (Å²) in [7, 11) is 0. The molecule has 0 N–H and O–H groups in total. The largest absolute Gasteiger partial charge is 0.460 e. The van der Waals surface area contributed by atoms with Crippen LogP contribution in [0.15, 0.2) is 33.5 Å². The van der Waals surface area contributed by atoms with Crippen LogP contribution in [0.25, 0.3) is 11.0 Å². The maximum Gasteiger partial charge on any atom is 0.317 e. The molecule has 2 aromatic rings. The lowest BCUT2D eigenvalue weighted by molar-refractivity contribution is -0.161. The molecule has 10 rings (SSSR count). The molecule has 178 valence electrons. The fourth-order valence-corrected chi connectivity index (χ4v) is 10.4. The summed E-state index contributed by atoms with van der Waals surface area (Å²) in [5, 5.41) is 0.532. The van der Waals surface area contributed by atoms with Crippen LogP contribution in [0.2, 0.25) is 0 Å². The first kappa shape index (κ1) is 20.1. The summed E-state index contributed by atoms with van der Waals surface area (Å²) in [6.07, 6.45) is 14.5. The smallest absolute Gasteiger partial charge is 0.317 e. The molecule has 0 saturated heterocycles. The second kappa shape index (κ2) is 6.77. The van der Waals surface area contributed by atoms with Gasteiger partial charge in [0, 0.05) is 11.5 Å². The Kier molecular flexibility index (Phi) is 4.01. The highest BCUT2D eigenvalue weighted by Crippen LogP contribution is 2.61. The Morgan fingerprint density at radius 2 is 1.29 bits per heavy atom. The van der Waals surface area contributed by atoms with Crippen molar-refractivity contribution in [1.82, 2.24) is 0 Å². The average Bonchev–Trinajstić information content (AvgIpc) is 2.77. The zero-order chi connectivity index (χ0) is 22.7. The number of ether oxygens (including phenoxy) is 1. The molecule has 0 amide bonds. The van der Waals surface area contributed by atoms with Crippen LogP contribution in [0, 0.1) is 40.9 Å². The van der Waals surface area contributed by atoms with Crippen LogP contribution >= 0.6 is 0 Å². The quantitative estimate of drug-likeness (QED) is 0.395. The van der Waals surface area contributed by atoms with Crippen molar-refractivity contribution in [3.8, 4) is 5.75 Å². The minimum absolute atomic E-state index is 0.000279. The lowest BCUT2D eigenvalue weighted by atomic mass is 9.49. The van der Waals surface area contributed by atoms with E-state index in [-0.39, 0.29) is 22.2 Å². The van der Waals surface area contributed by atoms with Crippen molar-refractivity contribution in [2.75, 3.05) is 0 Å². The van der Waals surface area contributed by atoms with E-state index in [1.165, 1.54) is 57.8 Å². The van der Waals surface area contributed by atoms with E-state index in [0.717, 1.165) is 42.8 Å². The van der Waals surface area contributed by atoms with Gasteiger partial charge in [0.05, 0.1) is 10.8 Å². The van der Waals surface area contributed by atoms with Crippen molar-refractivity contribution in [3.63, 3.8) is 0 Å². The van der Waals surface area contributed by atoms with E-state index in [0.29, 0.717) is 34.5 Å². The molecule has 0 radical (unpaired) electrons. The Morgan fingerprint density at radius 1 is 0.765 bits per heavy atom. The second-order valence-corrected chi connectivity index (χ2v) is 13.4. The summed E-state index contributed by atoms with van der Waals surface area (Å²) in [4.78, 5) is 26.6. The van der Waals surface area contributed by atoms with Gasteiger partial charge in [-0.1, -0.05) is 0 Å². The Morgan fingerprint density at radius 3 is 1.85 bits per heavy atom. The number of benzene rings is 1. The molecule has 1 heterocycles. The third kappa shape index (κ3) is 2.89. The fraction of sp³-hybridized carbons (Fsp3) is 0.667. The fourth-order valence-electron chi connectivity index (χ4n) is 10.4. The number of carbonyl (C=O) groups is 1. The van der Waals surface area contributed by atoms with Gasteiger partial charge in [-0.2, -0.15) is 0 Å². The number of hydrogen-bond donors (Lipinski definition) is 0. The van der Waals surface area contributed by atoms with E-state index in [1.54, 1.807) is 12.1 Å². The molecular formula is C30H34O4. The van der Waals surface area contributed by atoms with Gasteiger partial charge in [0.25, 0.3) is 0 Å². The molecule has 1 aromatic carbocycles. The van der Waals surface area contributed by atoms with Crippen LogP contribution in [0.4, 0.5) is 0 Å². The summed E-state index contributed by atoms with van der Waals surface area (Å²) in [5.41, 5.74) is 0.398. The third-order valence-corrected chi connectivity index (χ3v) is 10.9. The lowest BCUT2D eigenvalue weighted by Gasteiger charge is -2.56. The summed E-state index contributed by atoms with van der Waals surface area (Å²) in [6.45, 7) is 0. The Balaban J connectivity index is 1.09. The lowest BCUT2D eigenvalue weighted by Crippen LogP contribution is -2.51. The van der Waals surface area contributed by atoms with Crippen molar-refractivity contribution in [1.29, 1.82) is 0 Å². The molecule has 8 aliphatic carbocycles. The maximum atomic E-state index is 13.4.